The minimum absolute atomic E-state index is 0.0112. The van der Waals surface area contributed by atoms with Gasteiger partial charge >= 0.3 is 0 Å². The molecule has 0 saturated heterocycles. The van der Waals surface area contributed by atoms with Gasteiger partial charge in [-0.2, -0.15) is 0 Å². The van der Waals surface area contributed by atoms with Crippen molar-refractivity contribution in [2.75, 3.05) is 4.90 Å². The van der Waals surface area contributed by atoms with E-state index in [1.54, 1.807) is 0 Å². The van der Waals surface area contributed by atoms with Crippen LogP contribution in [0, 0.1) is 0 Å². The fourth-order valence-corrected chi connectivity index (χ4v) is 9.31. The molecule has 52 heavy (non-hydrogen) atoms. The van der Waals surface area contributed by atoms with Crippen LogP contribution >= 0.6 is 0 Å². The molecule has 0 unspecified atom stereocenters. The van der Waals surface area contributed by atoms with Crippen molar-refractivity contribution >= 4 is 38.9 Å². The Labute approximate surface area is 305 Å². The SMILES string of the molecule is CC1(C)c2ccccc2-c2ccc(N(c3ccc(CO)cc3)c3cccc4c3c3ccccc3n4-c3ccc4c(c3)C(C)(C)c3ccccc3-4)cc21. The van der Waals surface area contributed by atoms with Gasteiger partial charge in [0.05, 0.1) is 23.3 Å². The van der Waals surface area contributed by atoms with E-state index in [-0.39, 0.29) is 17.4 Å². The number of aromatic nitrogens is 1. The molecular formula is C49H40N2O. The molecule has 8 aromatic rings. The summed E-state index contributed by atoms with van der Waals surface area (Å²) in [6.45, 7) is 9.39. The maximum absolute atomic E-state index is 9.95. The van der Waals surface area contributed by atoms with Crippen LogP contribution in [0.25, 0.3) is 49.7 Å². The third-order valence-corrected chi connectivity index (χ3v) is 11.9. The van der Waals surface area contributed by atoms with Gasteiger partial charge in [-0.1, -0.05) is 125 Å². The molecule has 0 spiro atoms. The lowest BCUT2D eigenvalue weighted by atomic mass is 9.82. The first kappa shape index (κ1) is 30.9. The Kier molecular flexibility index (Phi) is 6.56. The van der Waals surface area contributed by atoms with Gasteiger partial charge in [0.1, 0.15) is 0 Å². The predicted molar refractivity (Wildman–Crippen MR) is 217 cm³/mol. The largest absolute Gasteiger partial charge is 0.392 e. The molecule has 3 nitrogen and oxygen atoms in total. The first-order valence-corrected chi connectivity index (χ1v) is 18.3. The number of para-hydroxylation sites is 1. The fourth-order valence-electron chi connectivity index (χ4n) is 9.31. The molecule has 0 radical (unpaired) electrons. The Balaban J connectivity index is 1.21. The molecule has 2 aliphatic rings. The van der Waals surface area contributed by atoms with Crippen LogP contribution in [0.3, 0.4) is 0 Å². The Bertz CT molecular complexity index is 2730. The molecule has 2 aliphatic carbocycles. The maximum atomic E-state index is 9.95. The molecule has 10 rings (SSSR count). The van der Waals surface area contributed by atoms with Crippen LogP contribution in [0.15, 0.2) is 152 Å². The average Bonchev–Trinajstić information content (AvgIpc) is 3.72. The monoisotopic (exact) mass is 672 g/mol. The third kappa shape index (κ3) is 4.23. The molecule has 1 N–H and O–H groups in total. The normalized spacial score (nSPS) is 14.6. The van der Waals surface area contributed by atoms with Gasteiger partial charge in [-0.05, 0) is 105 Å². The molecule has 0 saturated carbocycles. The molecule has 0 atom stereocenters. The first-order valence-electron chi connectivity index (χ1n) is 18.3. The zero-order valence-corrected chi connectivity index (χ0v) is 30.0. The Morgan fingerprint density at radius 3 is 1.75 bits per heavy atom. The number of aliphatic hydroxyl groups excluding tert-OH is 1. The number of rotatable bonds is 5. The van der Waals surface area contributed by atoms with E-state index in [9.17, 15) is 5.11 Å². The van der Waals surface area contributed by atoms with Gasteiger partial charge in [-0.3, -0.25) is 0 Å². The maximum Gasteiger partial charge on any atom is 0.0681 e. The van der Waals surface area contributed by atoms with Crippen molar-refractivity contribution in [2.24, 2.45) is 0 Å². The first-order chi connectivity index (χ1) is 25.3. The molecule has 3 heteroatoms. The fraction of sp³-hybridized carbons (Fsp3) is 0.143. The lowest BCUT2D eigenvalue weighted by Gasteiger charge is -2.29. The van der Waals surface area contributed by atoms with Crippen molar-refractivity contribution in [2.45, 2.75) is 45.1 Å². The lowest BCUT2D eigenvalue weighted by molar-refractivity contribution is 0.282. The molecule has 252 valence electrons. The minimum Gasteiger partial charge on any atom is -0.392 e. The van der Waals surface area contributed by atoms with Crippen LogP contribution in [0.2, 0.25) is 0 Å². The molecule has 7 aromatic carbocycles. The summed E-state index contributed by atoms with van der Waals surface area (Å²) < 4.78 is 2.45. The zero-order chi connectivity index (χ0) is 35.4. The Morgan fingerprint density at radius 2 is 1.06 bits per heavy atom. The minimum atomic E-state index is -0.128. The number of hydrogen-bond donors (Lipinski definition) is 1. The highest BCUT2D eigenvalue weighted by Crippen LogP contribution is 2.52. The van der Waals surface area contributed by atoms with Crippen LogP contribution in [-0.4, -0.2) is 9.67 Å². The van der Waals surface area contributed by atoms with E-state index in [2.05, 4.69) is 177 Å². The number of benzene rings is 7. The summed E-state index contributed by atoms with van der Waals surface area (Å²) in [6, 6.07) is 55.5. The summed E-state index contributed by atoms with van der Waals surface area (Å²) in [5.74, 6) is 0. The van der Waals surface area contributed by atoms with Gasteiger partial charge in [0.15, 0.2) is 0 Å². The van der Waals surface area contributed by atoms with Crippen molar-refractivity contribution < 1.29 is 5.11 Å². The van der Waals surface area contributed by atoms with E-state index in [0.29, 0.717) is 0 Å². The molecule has 0 aliphatic heterocycles. The van der Waals surface area contributed by atoms with Gasteiger partial charge in [-0.15, -0.1) is 0 Å². The standard InChI is InChI=1S/C49H40N2O/c1-48(2)40-15-8-5-12-35(40)37-26-24-33(28-42(37)48)50(32-22-20-31(30-52)21-23-32)45-18-11-19-46-47(45)39-14-7-10-17-44(39)51(46)34-25-27-38-36-13-6-9-16-41(36)49(3,4)43(38)29-34/h5-29,52H,30H2,1-4H3. The number of fused-ring (bicyclic) bond motifs is 9. The summed E-state index contributed by atoms with van der Waals surface area (Å²) in [4.78, 5) is 2.40. The number of nitrogens with zero attached hydrogens (tertiary/aromatic N) is 2. The van der Waals surface area contributed by atoms with Gasteiger partial charge < -0.3 is 14.6 Å². The number of anilines is 3. The van der Waals surface area contributed by atoms with E-state index >= 15 is 0 Å². The van der Waals surface area contributed by atoms with E-state index in [4.69, 9.17) is 0 Å². The van der Waals surface area contributed by atoms with E-state index in [0.717, 1.165) is 28.1 Å². The van der Waals surface area contributed by atoms with Crippen molar-refractivity contribution in [3.05, 3.63) is 179 Å². The highest BCUT2D eigenvalue weighted by atomic mass is 16.3. The van der Waals surface area contributed by atoms with E-state index in [1.807, 2.05) is 12.1 Å². The quantitative estimate of drug-likeness (QED) is 0.197. The predicted octanol–water partition coefficient (Wildman–Crippen LogP) is 12.4. The summed E-state index contributed by atoms with van der Waals surface area (Å²) in [6.07, 6.45) is 0. The average molecular weight is 673 g/mol. The smallest absolute Gasteiger partial charge is 0.0681 e. The highest BCUT2D eigenvalue weighted by Gasteiger charge is 2.37. The lowest BCUT2D eigenvalue weighted by Crippen LogP contribution is -2.16. The second-order valence-corrected chi connectivity index (χ2v) is 15.5. The van der Waals surface area contributed by atoms with Crippen molar-refractivity contribution in [3.63, 3.8) is 0 Å². The summed E-state index contributed by atoms with van der Waals surface area (Å²) in [5.41, 5.74) is 18.2. The van der Waals surface area contributed by atoms with Gasteiger partial charge in [-0.25, -0.2) is 0 Å². The van der Waals surface area contributed by atoms with E-state index < -0.39 is 0 Å². The zero-order valence-electron chi connectivity index (χ0n) is 30.0. The van der Waals surface area contributed by atoms with E-state index in [1.165, 1.54) is 66.5 Å². The van der Waals surface area contributed by atoms with Crippen molar-refractivity contribution in [3.8, 4) is 27.9 Å². The topological polar surface area (TPSA) is 28.4 Å². The van der Waals surface area contributed by atoms with Gasteiger partial charge in [0.2, 0.25) is 0 Å². The number of hydrogen-bond acceptors (Lipinski definition) is 2. The molecular weight excluding hydrogens is 633 g/mol. The van der Waals surface area contributed by atoms with Crippen molar-refractivity contribution in [1.29, 1.82) is 0 Å². The third-order valence-electron chi connectivity index (χ3n) is 11.9. The van der Waals surface area contributed by atoms with Gasteiger partial charge in [0.25, 0.3) is 0 Å². The highest BCUT2D eigenvalue weighted by molar-refractivity contribution is 6.16. The van der Waals surface area contributed by atoms with Crippen LogP contribution in [0.1, 0.15) is 55.5 Å². The summed E-state index contributed by atoms with van der Waals surface area (Å²) in [5, 5.41) is 12.4. The second kappa shape index (κ2) is 11.0. The van der Waals surface area contributed by atoms with Crippen LogP contribution < -0.4 is 4.90 Å². The molecule has 0 bridgehead atoms. The van der Waals surface area contributed by atoms with Crippen LogP contribution in [-0.2, 0) is 17.4 Å². The molecule has 0 fully saturated rings. The molecule has 1 aromatic heterocycles. The number of aliphatic hydroxyl groups is 1. The summed E-state index contributed by atoms with van der Waals surface area (Å²) >= 11 is 0. The van der Waals surface area contributed by atoms with Crippen molar-refractivity contribution in [1.82, 2.24) is 4.57 Å². The van der Waals surface area contributed by atoms with Crippen LogP contribution in [0.4, 0.5) is 17.1 Å². The molecule has 0 amide bonds. The summed E-state index contributed by atoms with van der Waals surface area (Å²) in [7, 11) is 0. The Morgan fingerprint density at radius 1 is 0.500 bits per heavy atom. The Hall–Kier alpha value is -5.90. The van der Waals surface area contributed by atoms with Crippen LogP contribution in [0.5, 0.6) is 0 Å². The molecule has 1 heterocycles. The van der Waals surface area contributed by atoms with Gasteiger partial charge in [0, 0.05) is 38.7 Å². The second-order valence-electron chi connectivity index (χ2n) is 15.5.